The molecule has 0 bridgehead atoms. The summed E-state index contributed by atoms with van der Waals surface area (Å²) < 4.78 is 10.5. The molecule has 5 nitrogen and oxygen atoms in total. The van der Waals surface area contributed by atoms with Crippen LogP contribution in [0.1, 0.15) is 181 Å². The molecular formula is C33H64O5. The second-order valence-electron chi connectivity index (χ2n) is 11.3. The molecule has 38 heavy (non-hydrogen) atoms. The number of aliphatic hydroxyl groups is 1. The second kappa shape index (κ2) is 30.4. The van der Waals surface area contributed by atoms with E-state index in [4.69, 9.17) is 9.47 Å². The van der Waals surface area contributed by atoms with E-state index >= 15 is 0 Å². The fourth-order valence-electron chi connectivity index (χ4n) is 4.85. The molecule has 0 spiro atoms. The first kappa shape index (κ1) is 36.9. The molecule has 1 N–H and O–H groups in total. The minimum absolute atomic E-state index is 0.0580. The number of unbranched alkanes of at least 4 members (excludes halogenated alkanes) is 22. The van der Waals surface area contributed by atoms with Crippen molar-refractivity contribution in [1.82, 2.24) is 0 Å². The molecule has 226 valence electrons. The van der Waals surface area contributed by atoms with E-state index in [0.717, 1.165) is 32.1 Å². The largest absolute Gasteiger partial charge is 0.462 e. The zero-order valence-electron chi connectivity index (χ0n) is 25.5. The van der Waals surface area contributed by atoms with Crippen LogP contribution < -0.4 is 0 Å². The van der Waals surface area contributed by atoms with Gasteiger partial charge in [-0.05, 0) is 12.8 Å². The smallest absolute Gasteiger partial charge is 0.306 e. The second-order valence-corrected chi connectivity index (χ2v) is 11.3. The monoisotopic (exact) mass is 540 g/mol. The third-order valence-corrected chi connectivity index (χ3v) is 7.40. The molecule has 0 unspecified atom stereocenters. The average molecular weight is 541 g/mol. The summed E-state index contributed by atoms with van der Waals surface area (Å²) in [5.74, 6) is -0.585. The Kier molecular flexibility index (Phi) is 29.6. The summed E-state index contributed by atoms with van der Waals surface area (Å²) >= 11 is 0. The van der Waals surface area contributed by atoms with Gasteiger partial charge in [0.05, 0.1) is 6.61 Å². The van der Waals surface area contributed by atoms with Crippen LogP contribution in [0.25, 0.3) is 0 Å². The molecule has 0 aromatic heterocycles. The Balaban J connectivity index is 3.52. The molecule has 0 aliphatic rings. The minimum Gasteiger partial charge on any atom is -0.462 e. The molecule has 0 saturated heterocycles. The van der Waals surface area contributed by atoms with Crippen molar-refractivity contribution in [3.63, 3.8) is 0 Å². The summed E-state index contributed by atoms with van der Waals surface area (Å²) in [7, 11) is 0. The van der Waals surface area contributed by atoms with Gasteiger partial charge in [-0.3, -0.25) is 9.59 Å². The van der Waals surface area contributed by atoms with Gasteiger partial charge in [-0.2, -0.15) is 0 Å². The Morgan fingerprint density at radius 3 is 1.16 bits per heavy atom. The molecule has 1 atom stereocenters. The van der Waals surface area contributed by atoms with Gasteiger partial charge in [-0.15, -0.1) is 0 Å². The molecule has 0 heterocycles. The predicted octanol–water partition coefficient (Wildman–Crippen LogP) is 9.62. The molecule has 0 rings (SSSR count). The van der Waals surface area contributed by atoms with E-state index in [1.54, 1.807) is 0 Å². The fourth-order valence-corrected chi connectivity index (χ4v) is 4.85. The summed E-state index contributed by atoms with van der Waals surface area (Å²) in [6, 6.07) is 0. The molecule has 0 saturated carbocycles. The Morgan fingerprint density at radius 1 is 0.500 bits per heavy atom. The maximum atomic E-state index is 12.0. The highest BCUT2D eigenvalue weighted by atomic mass is 16.6. The topological polar surface area (TPSA) is 72.8 Å². The van der Waals surface area contributed by atoms with E-state index in [1.807, 2.05) is 0 Å². The summed E-state index contributed by atoms with van der Waals surface area (Å²) in [5.41, 5.74) is 0. The van der Waals surface area contributed by atoms with Crippen LogP contribution in [0, 0.1) is 0 Å². The number of aliphatic hydroxyl groups excluding tert-OH is 1. The van der Waals surface area contributed by atoms with Crippen LogP contribution in [0.4, 0.5) is 0 Å². The molecule has 0 fully saturated rings. The van der Waals surface area contributed by atoms with Crippen molar-refractivity contribution in [3.8, 4) is 0 Å². The van der Waals surface area contributed by atoms with Crippen molar-refractivity contribution >= 4 is 11.9 Å². The number of carbonyl (C=O) groups excluding carboxylic acids is 2. The number of hydrogen-bond donors (Lipinski definition) is 1. The molecule has 0 aliphatic heterocycles. The number of carbonyl (C=O) groups is 2. The van der Waals surface area contributed by atoms with Gasteiger partial charge in [0.25, 0.3) is 0 Å². The third kappa shape index (κ3) is 27.9. The lowest BCUT2D eigenvalue weighted by molar-refractivity contribution is -0.161. The van der Waals surface area contributed by atoms with E-state index < -0.39 is 6.10 Å². The van der Waals surface area contributed by atoms with Crippen LogP contribution in [-0.2, 0) is 19.1 Å². The maximum Gasteiger partial charge on any atom is 0.306 e. The van der Waals surface area contributed by atoms with Crippen molar-refractivity contribution in [3.05, 3.63) is 0 Å². The first-order chi connectivity index (χ1) is 18.6. The molecule has 0 aromatic rings. The van der Waals surface area contributed by atoms with Crippen LogP contribution in [0.2, 0.25) is 0 Å². The Bertz CT molecular complexity index is 508. The Labute approximate surface area is 236 Å². The van der Waals surface area contributed by atoms with Crippen LogP contribution in [0.5, 0.6) is 0 Å². The van der Waals surface area contributed by atoms with Crippen molar-refractivity contribution < 1.29 is 24.2 Å². The normalized spacial score (nSPS) is 12.0. The lowest BCUT2D eigenvalue weighted by atomic mass is 10.0. The molecule has 0 aliphatic carbocycles. The van der Waals surface area contributed by atoms with Crippen molar-refractivity contribution in [1.29, 1.82) is 0 Å². The summed E-state index contributed by atoms with van der Waals surface area (Å²) in [6.07, 6.45) is 30.1. The van der Waals surface area contributed by atoms with Crippen molar-refractivity contribution in [2.75, 3.05) is 13.2 Å². The maximum absolute atomic E-state index is 12.0. The van der Waals surface area contributed by atoms with E-state index in [9.17, 15) is 14.7 Å². The molecule has 0 aromatic carbocycles. The van der Waals surface area contributed by atoms with Gasteiger partial charge in [-0.25, -0.2) is 0 Å². The lowest BCUT2D eigenvalue weighted by Gasteiger charge is -2.15. The number of esters is 2. The Morgan fingerprint density at radius 2 is 0.816 bits per heavy atom. The standard InChI is InChI=1S/C33H64O5/c1-3-5-7-9-11-13-14-15-16-17-18-20-21-23-25-27-32(35)37-30-31(29-34)38-33(36)28-26-24-22-19-12-10-8-6-4-2/h31,34H,3-30H2,1-2H3/t31-/m1/s1. The molecule has 0 amide bonds. The summed E-state index contributed by atoms with van der Waals surface area (Å²) in [6.45, 7) is 4.12. The zero-order chi connectivity index (χ0) is 27.9. The lowest BCUT2D eigenvalue weighted by Crippen LogP contribution is -2.28. The fraction of sp³-hybridized carbons (Fsp3) is 0.939. The van der Waals surface area contributed by atoms with E-state index in [1.165, 1.54) is 122 Å². The van der Waals surface area contributed by atoms with E-state index in [-0.39, 0.29) is 25.2 Å². The summed E-state index contributed by atoms with van der Waals surface area (Å²) in [4.78, 5) is 24.0. The van der Waals surface area contributed by atoms with Crippen LogP contribution in [-0.4, -0.2) is 36.4 Å². The highest BCUT2D eigenvalue weighted by Crippen LogP contribution is 2.14. The summed E-state index contributed by atoms with van der Waals surface area (Å²) in [5, 5.41) is 9.47. The minimum atomic E-state index is -0.758. The van der Waals surface area contributed by atoms with E-state index in [0.29, 0.717) is 12.8 Å². The van der Waals surface area contributed by atoms with Crippen LogP contribution >= 0.6 is 0 Å². The third-order valence-electron chi connectivity index (χ3n) is 7.40. The zero-order valence-corrected chi connectivity index (χ0v) is 25.5. The van der Waals surface area contributed by atoms with Crippen molar-refractivity contribution in [2.24, 2.45) is 0 Å². The highest BCUT2D eigenvalue weighted by Gasteiger charge is 2.16. The van der Waals surface area contributed by atoms with Crippen molar-refractivity contribution in [2.45, 2.75) is 187 Å². The van der Waals surface area contributed by atoms with Gasteiger partial charge >= 0.3 is 11.9 Å². The quantitative estimate of drug-likeness (QED) is 0.0725. The molecule has 5 heteroatoms. The number of rotatable bonds is 30. The van der Waals surface area contributed by atoms with Crippen LogP contribution in [0.3, 0.4) is 0 Å². The van der Waals surface area contributed by atoms with Gasteiger partial charge in [-0.1, -0.05) is 155 Å². The SMILES string of the molecule is CCCCCCCCCCCCCCCCCC(=O)OC[C@@H](CO)OC(=O)CCCCCCCCCCC. The first-order valence-corrected chi connectivity index (χ1v) is 16.6. The molecule has 0 radical (unpaired) electrons. The first-order valence-electron chi connectivity index (χ1n) is 16.6. The number of ether oxygens (including phenoxy) is 2. The average Bonchev–Trinajstić information content (AvgIpc) is 2.92. The highest BCUT2D eigenvalue weighted by molar-refractivity contribution is 5.70. The van der Waals surface area contributed by atoms with Gasteiger partial charge in [0.15, 0.2) is 6.10 Å². The molecular weight excluding hydrogens is 476 g/mol. The van der Waals surface area contributed by atoms with Gasteiger partial charge in [0.2, 0.25) is 0 Å². The van der Waals surface area contributed by atoms with Crippen LogP contribution in [0.15, 0.2) is 0 Å². The van der Waals surface area contributed by atoms with Gasteiger partial charge in [0.1, 0.15) is 6.61 Å². The Hall–Kier alpha value is -1.10. The van der Waals surface area contributed by atoms with E-state index in [2.05, 4.69) is 13.8 Å². The number of hydrogen-bond acceptors (Lipinski definition) is 5. The predicted molar refractivity (Wildman–Crippen MR) is 159 cm³/mol. The van der Waals surface area contributed by atoms with Gasteiger partial charge < -0.3 is 14.6 Å². The van der Waals surface area contributed by atoms with Gasteiger partial charge in [0, 0.05) is 12.8 Å².